The molecule has 2 rings (SSSR count). The average Bonchev–Trinajstić information content (AvgIpc) is 2.96. The average molecular weight is 325 g/mol. The summed E-state index contributed by atoms with van der Waals surface area (Å²) in [5.74, 6) is -0.0534. The van der Waals surface area contributed by atoms with Crippen LogP contribution in [0.5, 0.6) is 0 Å². The minimum absolute atomic E-state index is 0.0513. The number of anilines is 1. The fourth-order valence-electron chi connectivity index (χ4n) is 2.67. The molecule has 0 bridgehead atoms. The van der Waals surface area contributed by atoms with Gasteiger partial charge in [-0.15, -0.1) is 0 Å². The van der Waals surface area contributed by atoms with Crippen LogP contribution in [0, 0.1) is 5.92 Å². The summed E-state index contributed by atoms with van der Waals surface area (Å²) in [5, 5.41) is 0.711. The van der Waals surface area contributed by atoms with Crippen LogP contribution >= 0.6 is 0 Å². The molecular formula is C17H28FN3O2. The van der Waals surface area contributed by atoms with E-state index >= 15 is 0 Å². The van der Waals surface area contributed by atoms with Gasteiger partial charge in [0.15, 0.2) is 5.78 Å². The van der Waals surface area contributed by atoms with Crippen molar-refractivity contribution in [3.8, 4) is 0 Å². The molecule has 0 N–H and O–H groups in total. The van der Waals surface area contributed by atoms with Crippen LogP contribution in [0.15, 0.2) is 12.3 Å². The highest BCUT2D eigenvalue weighted by molar-refractivity contribution is 5.97. The lowest BCUT2D eigenvalue weighted by Gasteiger charge is -2.27. The predicted octanol–water partition coefficient (Wildman–Crippen LogP) is 2.76. The van der Waals surface area contributed by atoms with Gasteiger partial charge in [-0.05, 0) is 19.9 Å². The van der Waals surface area contributed by atoms with Gasteiger partial charge >= 0.3 is 0 Å². The van der Waals surface area contributed by atoms with Gasteiger partial charge in [0, 0.05) is 38.3 Å². The van der Waals surface area contributed by atoms with Gasteiger partial charge in [-0.3, -0.25) is 9.69 Å². The van der Waals surface area contributed by atoms with Gasteiger partial charge in [0.2, 0.25) is 0 Å². The molecule has 23 heavy (non-hydrogen) atoms. The molecule has 1 aromatic heterocycles. The monoisotopic (exact) mass is 325 g/mol. The number of morpholine rings is 1. The summed E-state index contributed by atoms with van der Waals surface area (Å²) in [4.78, 5) is 14.7. The molecular weight excluding hydrogens is 297 g/mol. The first-order valence-electron chi connectivity index (χ1n) is 8.39. The molecule has 0 amide bonds. The maximum absolute atomic E-state index is 14.2. The Kier molecular flexibility index (Phi) is 6.18. The van der Waals surface area contributed by atoms with E-state index in [1.54, 1.807) is 26.1 Å². The standard InChI is InChI=1S/C17H28FN3O2/c1-13(2)17(22)16-11-15(21(18)14(3)4)12-20(16)6-5-19-7-9-23-10-8-19/h11-14H,5-10H2,1-4H3. The third-order valence-electron chi connectivity index (χ3n) is 4.12. The molecule has 1 aliphatic rings. The van der Waals surface area contributed by atoms with Crippen molar-refractivity contribution in [2.45, 2.75) is 40.3 Å². The third-order valence-corrected chi connectivity index (χ3v) is 4.12. The highest BCUT2D eigenvalue weighted by atomic mass is 19.2. The fourth-order valence-corrected chi connectivity index (χ4v) is 2.67. The molecule has 0 spiro atoms. The van der Waals surface area contributed by atoms with E-state index < -0.39 is 0 Å². The lowest BCUT2D eigenvalue weighted by Crippen LogP contribution is -2.38. The summed E-state index contributed by atoms with van der Waals surface area (Å²) >= 11 is 0. The Labute approximate surface area is 137 Å². The second kappa shape index (κ2) is 7.93. The summed E-state index contributed by atoms with van der Waals surface area (Å²) < 4.78 is 21.4. The van der Waals surface area contributed by atoms with E-state index in [9.17, 15) is 9.28 Å². The molecule has 0 unspecified atom stereocenters. The summed E-state index contributed by atoms with van der Waals surface area (Å²) in [6.07, 6.45) is 1.75. The van der Waals surface area contributed by atoms with Gasteiger partial charge < -0.3 is 9.30 Å². The number of carbonyl (C=O) groups excluding carboxylic acids is 1. The zero-order valence-electron chi connectivity index (χ0n) is 14.6. The molecule has 1 saturated heterocycles. The number of Topliss-reactive ketones (excluding diaryl/α,β-unsaturated/α-hetero) is 1. The van der Waals surface area contributed by atoms with Gasteiger partial charge in [-0.2, -0.15) is 0 Å². The topological polar surface area (TPSA) is 37.7 Å². The van der Waals surface area contributed by atoms with Crippen LogP contribution in [0.1, 0.15) is 38.2 Å². The minimum Gasteiger partial charge on any atom is -0.379 e. The van der Waals surface area contributed by atoms with Gasteiger partial charge in [0.05, 0.1) is 30.6 Å². The van der Waals surface area contributed by atoms with Crippen molar-refractivity contribution >= 4 is 11.5 Å². The zero-order chi connectivity index (χ0) is 17.0. The number of ether oxygens (including phenoxy) is 1. The smallest absolute Gasteiger partial charge is 0.181 e. The Balaban J connectivity index is 2.15. The number of carbonyl (C=O) groups is 1. The lowest BCUT2D eigenvalue weighted by atomic mass is 10.1. The molecule has 0 atom stereocenters. The number of rotatable bonds is 7. The first-order valence-corrected chi connectivity index (χ1v) is 8.39. The molecule has 5 nitrogen and oxygen atoms in total. The molecule has 0 aliphatic carbocycles. The predicted molar refractivity (Wildman–Crippen MR) is 89.6 cm³/mol. The zero-order valence-corrected chi connectivity index (χ0v) is 14.6. The summed E-state index contributed by atoms with van der Waals surface area (Å²) in [6.45, 7) is 12.1. The Bertz CT molecular complexity index is 522. The van der Waals surface area contributed by atoms with Crippen molar-refractivity contribution in [1.82, 2.24) is 9.47 Å². The van der Waals surface area contributed by atoms with Gasteiger partial charge in [-0.25, -0.2) is 5.12 Å². The van der Waals surface area contributed by atoms with Crippen molar-refractivity contribution in [2.75, 3.05) is 38.0 Å². The maximum Gasteiger partial charge on any atom is 0.181 e. The Morgan fingerprint density at radius 3 is 2.48 bits per heavy atom. The van der Waals surface area contributed by atoms with Crippen LogP contribution in [0.25, 0.3) is 0 Å². The number of hydrogen-bond donors (Lipinski definition) is 0. The second-order valence-electron chi connectivity index (χ2n) is 6.65. The van der Waals surface area contributed by atoms with Crippen molar-refractivity contribution in [1.29, 1.82) is 0 Å². The first-order chi connectivity index (χ1) is 10.9. The lowest BCUT2D eigenvalue weighted by molar-refractivity contribution is 0.0363. The molecule has 2 heterocycles. The molecule has 0 aromatic carbocycles. The van der Waals surface area contributed by atoms with E-state index in [0.29, 0.717) is 23.0 Å². The quantitative estimate of drug-likeness (QED) is 0.571. The largest absolute Gasteiger partial charge is 0.379 e. The van der Waals surface area contributed by atoms with Crippen LogP contribution in [0.4, 0.5) is 10.2 Å². The van der Waals surface area contributed by atoms with Crippen LogP contribution in [-0.4, -0.2) is 54.1 Å². The van der Waals surface area contributed by atoms with E-state index in [1.165, 1.54) is 0 Å². The van der Waals surface area contributed by atoms with Gasteiger partial charge in [-0.1, -0.05) is 18.3 Å². The van der Waals surface area contributed by atoms with Crippen LogP contribution < -0.4 is 5.12 Å². The molecule has 0 radical (unpaired) electrons. The van der Waals surface area contributed by atoms with Crippen molar-refractivity contribution in [3.63, 3.8) is 0 Å². The Morgan fingerprint density at radius 2 is 1.91 bits per heavy atom. The van der Waals surface area contributed by atoms with Crippen molar-refractivity contribution in [2.24, 2.45) is 5.92 Å². The fraction of sp³-hybridized carbons (Fsp3) is 0.706. The number of ketones is 1. The van der Waals surface area contributed by atoms with E-state index in [1.807, 2.05) is 18.4 Å². The van der Waals surface area contributed by atoms with Crippen molar-refractivity contribution in [3.05, 3.63) is 18.0 Å². The number of hydrogen-bond acceptors (Lipinski definition) is 4. The summed E-state index contributed by atoms with van der Waals surface area (Å²) in [5.41, 5.74) is 1.04. The van der Waals surface area contributed by atoms with E-state index in [0.717, 1.165) is 32.8 Å². The molecule has 1 aliphatic heterocycles. The van der Waals surface area contributed by atoms with E-state index in [2.05, 4.69) is 4.90 Å². The highest BCUT2D eigenvalue weighted by Crippen LogP contribution is 2.23. The van der Waals surface area contributed by atoms with Crippen LogP contribution in [-0.2, 0) is 11.3 Å². The highest BCUT2D eigenvalue weighted by Gasteiger charge is 2.21. The molecule has 130 valence electrons. The van der Waals surface area contributed by atoms with Gasteiger partial charge in [0.1, 0.15) is 0 Å². The summed E-state index contributed by atoms with van der Waals surface area (Å²) in [7, 11) is 0. The minimum atomic E-state index is -0.257. The Hall–Kier alpha value is -1.40. The third kappa shape index (κ3) is 4.54. The first kappa shape index (κ1) is 17.9. The van der Waals surface area contributed by atoms with E-state index in [-0.39, 0.29) is 17.7 Å². The number of nitrogens with zero attached hydrogens (tertiary/aromatic N) is 3. The van der Waals surface area contributed by atoms with Crippen molar-refractivity contribution < 1.29 is 14.0 Å². The van der Waals surface area contributed by atoms with Gasteiger partial charge in [0.25, 0.3) is 0 Å². The molecule has 1 aromatic rings. The van der Waals surface area contributed by atoms with E-state index in [4.69, 9.17) is 4.74 Å². The van der Waals surface area contributed by atoms with Crippen LogP contribution in [0.2, 0.25) is 0 Å². The van der Waals surface area contributed by atoms with Crippen LogP contribution in [0.3, 0.4) is 0 Å². The molecule has 1 fully saturated rings. The molecule has 0 saturated carbocycles. The SMILES string of the molecule is CC(C)C(=O)c1cc(N(F)C(C)C)cn1CCN1CCOCC1. The normalized spacial score (nSPS) is 16.3. The number of aromatic nitrogens is 1. The number of halogens is 1. The Morgan fingerprint density at radius 1 is 1.26 bits per heavy atom. The summed E-state index contributed by atoms with van der Waals surface area (Å²) in [6, 6.07) is 1.41. The molecule has 6 heteroatoms. The maximum atomic E-state index is 14.2. The second-order valence-corrected chi connectivity index (χ2v) is 6.65.